The maximum absolute atomic E-state index is 11.9. The van der Waals surface area contributed by atoms with Crippen molar-refractivity contribution in [2.45, 2.75) is 19.1 Å². The molecule has 1 aromatic rings. The Kier molecular flexibility index (Phi) is 6.92. The van der Waals surface area contributed by atoms with Crippen molar-refractivity contribution in [2.75, 3.05) is 26.2 Å². The second kappa shape index (κ2) is 8.23. The molecule has 0 bridgehead atoms. The number of alkyl halides is 1. The summed E-state index contributed by atoms with van der Waals surface area (Å²) in [5.74, 6) is 0.261. The number of rotatable bonds is 8. The van der Waals surface area contributed by atoms with Gasteiger partial charge in [-0.25, -0.2) is 0 Å². The molecule has 18 heavy (non-hydrogen) atoms. The van der Waals surface area contributed by atoms with E-state index in [-0.39, 0.29) is 17.6 Å². The summed E-state index contributed by atoms with van der Waals surface area (Å²) in [7, 11) is 3.18. The summed E-state index contributed by atoms with van der Waals surface area (Å²) in [6.07, 6.45) is 0.732. The van der Waals surface area contributed by atoms with Crippen LogP contribution in [0.3, 0.4) is 0 Å². The summed E-state index contributed by atoms with van der Waals surface area (Å²) in [5, 5.41) is 7.19. The van der Waals surface area contributed by atoms with Gasteiger partial charge < -0.3 is 19.3 Å². The van der Waals surface area contributed by atoms with E-state index in [1.165, 1.54) is 0 Å². The van der Waals surface area contributed by atoms with Gasteiger partial charge in [0.2, 0.25) is 0 Å². The fraction of sp³-hybridized carbons (Fsp3) is 0.636. The van der Waals surface area contributed by atoms with Gasteiger partial charge in [0.15, 0.2) is 11.5 Å². The molecule has 1 rings (SSSR count). The number of hydrogen-bond donors (Lipinski definition) is 1. The molecule has 0 saturated heterocycles. The fourth-order valence-electron chi connectivity index (χ4n) is 1.34. The van der Waals surface area contributed by atoms with Crippen LogP contribution in [0.5, 0.6) is 0 Å². The fourth-order valence-corrected chi connectivity index (χ4v) is 1.82. The molecule has 0 saturated carbocycles. The number of methoxy groups -OCH3 is 2. The minimum absolute atomic E-state index is 0.0000233. The van der Waals surface area contributed by atoms with E-state index in [1.807, 2.05) is 0 Å². The molecule has 0 fully saturated rings. The van der Waals surface area contributed by atoms with E-state index in [9.17, 15) is 4.79 Å². The lowest BCUT2D eigenvalue weighted by Gasteiger charge is -2.14. The summed E-state index contributed by atoms with van der Waals surface area (Å²) in [6.45, 7) is 0.885. The monoisotopic (exact) mass is 320 g/mol. The highest BCUT2D eigenvalue weighted by molar-refractivity contribution is 9.09. The molecule has 0 spiro atoms. The molecule has 6 nitrogen and oxygen atoms in total. The first-order valence-electron chi connectivity index (χ1n) is 5.51. The second-order valence-corrected chi connectivity index (χ2v) is 4.37. The van der Waals surface area contributed by atoms with Crippen molar-refractivity contribution in [1.82, 2.24) is 10.5 Å². The van der Waals surface area contributed by atoms with Crippen molar-refractivity contribution >= 4 is 21.8 Å². The molecule has 1 N–H and O–H groups in total. The van der Waals surface area contributed by atoms with Gasteiger partial charge in [-0.3, -0.25) is 4.79 Å². The Morgan fingerprint density at radius 2 is 2.33 bits per heavy atom. The molecule has 102 valence electrons. The van der Waals surface area contributed by atoms with E-state index in [0.717, 1.165) is 6.42 Å². The van der Waals surface area contributed by atoms with Gasteiger partial charge in [0.05, 0.1) is 0 Å². The Balaban J connectivity index is 2.51. The maximum Gasteiger partial charge on any atom is 0.273 e. The summed E-state index contributed by atoms with van der Waals surface area (Å²) in [6, 6.07) is 1.57. The molecule has 0 aliphatic carbocycles. The molecule has 0 aromatic carbocycles. The van der Waals surface area contributed by atoms with Gasteiger partial charge in [-0.15, -0.1) is 0 Å². The molecule has 0 aliphatic rings. The van der Waals surface area contributed by atoms with Crippen molar-refractivity contribution in [3.8, 4) is 0 Å². The number of nitrogens with zero attached hydrogens (tertiary/aromatic N) is 1. The molecule has 1 aromatic heterocycles. The number of hydrogen-bond acceptors (Lipinski definition) is 5. The molecule has 1 amide bonds. The third-order valence-corrected chi connectivity index (χ3v) is 3.05. The van der Waals surface area contributed by atoms with Gasteiger partial charge in [0, 0.05) is 38.3 Å². The van der Waals surface area contributed by atoms with E-state index >= 15 is 0 Å². The third kappa shape index (κ3) is 4.75. The highest BCUT2D eigenvalue weighted by Gasteiger charge is 2.16. The number of nitrogens with one attached hydrogen (secondary N) is 1. The van der Waals surface area contributed by atoms with Crippen molar-refractivity contribution in [1.29, 1.82) is 0 Å². The first kappa shape index (κ1) is 15.1. The molecular formula is C11H17BrN2O4. The Labute approximate surface area is 114 Å². The van der Waals surface area contributed by atoms with E-state index < -0.39 is 0 Å². The normalized spacial score (nSPS) is 12.4. The van der Waals surface area contributed by atoms with Crippen LogP contribution in [0.25, 0.3) is 0 Å². The highest BCUT2D eigenvalue weighted by atomic mass is 79.9. The van der Waals surface area contributed by atoms with Gasteiger partial charge >= 0.3 is 0 Å². The van der Waals surface area contributed by atoms with E-state index in [1.54, 1.807) is 20.3 Å². The minimum Gasteiger partial charge on any atom is -0.385 e. The van der Waals surface area contributed by atoms with Gasteiger partial charge in [-0.1, -0.05) is 21.1 Å². The number of aromatic nitrogens is 1. The molecule has 1 atom stereocenters. The van der Waals surface area contributed by atoms with Crippen LogP contribution in [0.4, 0.5) is 0 Å². The van der Waals surface area contributed by atoms with Gasteiger partial charge in [0.25, 0.3) is 5.91 Å². The maximum atomic E-state index is 11.9. The SMILES string of the molecule is COCCC(CBr)NC(=O)c1cc(COC)on1. The zero-order valence-electron chi connectivity index (χ0n) is 10.4. The van der Waals surface area contributed by atoms with Gasteiger partial charge in [-0.2, -0.15) is 0 Å². The van der Waals surface area contributed by atoms with Crippen LogP contribution in [0.2, 0.25) is 0 Å². The van der Waals surface area contributed by atoms with Crippen LogP contribution >= 0.6 is 15.9 Å². The van der Waals surface area contributed by atoms with Crippen LogP contribution in [-0.4, -0.2) is 43.3 Å². The Morgan fingerprint density at radius 3 is 2.94 bits per heavy atom. The quantitative estimate of drug-likeness (QED) is 0.732. The Morgan fingerprint density at radius 1 is 1.56 bits per heavy atom. The van der Waals surface area contributed by atoms with Crippen molar-refractivity contribution in [3.05, 3.63) is 17.5 Å². The summed E-state index contributed by atoms with van der Waals surface area (Å²) in [4.78, 5) is 11.9. The standard InChI is InChI=1S/C11H17BrN2O4/c1-16-4-3-8(6-12)13-11(15)10-5-9(7-17-2)18-14-10/h5,8H,3-4,6-7H2,1-2H3,(H,13,15). The van der Waals surface area contributed by atoms with Crippen LogP contribution in [0.15, 0.2) is 10.6 Å². The highest BCUT2D eigenvalue weighted by Crippen LogP contribution is 2.06. The number of carbonyl (C=O) groups is 1. The lowest BCUT2D eigenvalue weighted by atomic mass is 10.2. The van der Waals surface area contributed by atoms with E-state index in [4.69, 9.17) is 14.0 Å². The number of halogens is 1. The van der Waals surface area contributed by atoms with Crippen LogP contribution in [0.1, 0.15) is 22.7 Å². The Hall–Kier alpha value is -0.920. The first-order valence-corrected chi connectivity index (χ1v) is 6.63. The average molecular weight is 321 g/mol. The number of amides is 1. The molecular weight excluding hydrogens is 304 g/mol. The zero-order valence-corrected chi connectivity index (χ0v) is 12.0. The van der Waals surface area contributed by atoms with Crippen molar-refractivity contribution in [2.24, 2.45) is 0 Å². The van der Waals surface area contributed by atoms with Crippen molar-refractivity contribution in [3.63, 3.8) is 0 Å². The third-order valence-electron chi connectivity index (χ3n) is 2.27. The molecule has 1 heterocycles. The van der Waals surface area contributed by atoms with E-state index in [0.29, 0.717) is 24.3 Å². The lowest BCUT2D eigenvalue weighted by Crippen LogP contribution is -2.37. The first-order chi connectivity index (χ1) is 8.71. The van der Waals surface area contributed by atoms with Crippen LogP contribution in [-0.2, 0) is 16.1 Å². The molecule has 1 unspecified atom stereocenters. The topological polar surface area (TPSA) is 73.6 Å². The lowest BCUT2D eigenvalue weighted by molar-refractivity contribution is 0.0921. The van der Waals surface area contributed by atoms with Crippen molar-refractivity contribution < 1.29 is 18.8 Å². The van der Waals surface area contributed by atoms with Gasteiger partial charge in [0.1, 0.15) is 6.61 Å². The largest absolute Gasteiger partial charge is 0.385 e. The van der Waals surface area contributed by atoms with Gasteiger partial charge in [-0.05, 0) is 6.42 Å². The predicted octanol–water partition coefficient (Wildman–Crippen LogP) is 1.35. The smallest absolute Gasteiger partial charge is 0.273 e. The van der Waals surface area contributed by atoms with Crippen LogP contribution < -0.4 is 5.32 Å². The minimum atomic E-state index is -0.262. The van der Waals surface area contributed by atoms with Crippen LogP contribution in [0, 0.1) is 0 Å². The summed E-state index contributed by atoms with van der Waals surface area (Å²) >= 11 is 3.34. The van der Waals surface area contributed by atoms with E-state index in [2.05, 4.69) is 26.4 Å². The summed E-state index contributed by atoms with van der Waals surface area (Å²) in [5.41, 5.74) is 0.255. The molecule has 0 radical (unpaired) electrons. The molecule has 7 heteroatoms. The summed E-state index contributed by atoms with van der Waals surface area (Å²) < 4.78 is 14.8. The predicted molar refractivity (Wildman–Crippen MR) is 68.8 cm³/mol. The average Bonchev–Trinajstić information content (AvgIpc) is 2.83. The zero-order chi connectivity index (χ0) is 13.4. The molecule has 0 aliphatic heterocycles. The second-order valence-electron chi connectivity index (χ2n) is 3.72. The number of carbonyl (C=O) groups excluding carboxylic acids is 1. The number of ether oxygens (including phenoxy) is 2. The Bertz CT molecular complexity index is 370.